The summed E-state index contributed by atoms with van der Waals surface area (Å²) >= 11 is 0. The van der Waals surface area contributed by atoms with E-state index < -0.39 is 0 Å². The lowest BCUT2D eigenvalue weighted by atomic mass is 10.1. The molecule has 0 bridgehead atoms. The molecule has 23 heavy (non-hydrogen) atoms. The standard InChI is InChI=1S/C18H29N5/c1-18(2,3)23-12-11-21-17(19-4)20-10-9-14-13-22-16-8-6-5-7-15(14)16/h5-8,13,22-23H,9-12H2,1-4H3,(H2,19,20,21). The topological polar surface area (TPSA) is 64.2 Å². The highest BCUT2D eigenvalue weighted by atomic mass is 15.2. The van der Waals surface area contributed by atoms with E-state index in [1.807, 2.05) is 0 Å². The van der Waals surface area contributed by atoms with Gasteiger partial charge in [0.15, 0.2) is 5.96 Å². The van der Waals surface area contributed by atoms with Crippen molar-refractivity contribution in [2.75, 3.05) is 26.7 Å². The number of nitrogens with one attached hydrogen (secondary N) is 4. The molecule has 1 aromatic heterocycles. The lowest BCUT2D eigenvalue weighted by Crippen LogP contribution is -2.44. The van der Waals surface area contributed by atoms with Gasteiger partial charge in [-0.25, -0.2) is 0 Å². The van der Waals surface area contributed by atoms with Crippen molar-refractivity contribution in [1.29, 1.82) is 0 Å². The molecule has 0 saturated carbocycles. The average molecular weight is 315 g/mol. The highest BCUT2D eigenvalue weighted by molar-refractivity contribution is 5.83. The van der Waals surface area contributed by atoms with Crippen molar-refractivity contribution in [2.45, 2.75) is 32.7 Å². The van der Waals surface area contributed by atoms with E-state index in [1.165, 1.54) is 16.5 Å². The van der Waals surface area contributed by atoms with Crippen LogP contribution in [0.2, 0.25) is 0 Å². The van der Waals surface area contributed by atoms with Crippen LogP contribution in [0, 0.1) is 0 Å². The molecule has 1 heterocycles. The van der Waals surface area contributed by atoms with E-state index in [9.17, 15) is 0 Å². The number of hydrogen-bond acceptors (Lipinski definition) is 2. The third kappa shape index (κ3) is 5.60. The van der Waals surface area contributed by atoms with Gasteiger partial charge in [-0.15, -0.1) is 0 Å². The predicted molar refractivity (Wildman–Crippen MR) is 99.1 cm³/mol. The minimum Gasteiger partial charge on any atom is -0.361 e. The van der Waals surface area contributed by atoms with Gasteiger partial charge in [-0.3, -0.25) is 4.99 Å². The molecule has 1 aromatic carbocycles. The molecule has 2 rings (SSSR count). The molecule has 0 aliphatic carbocycles. The fraction of sp³-hybridized carbons (Fsp3) is 0.500. The van der Waals surface area contributed by atoms with Crippen molar-refractivity contribution in [1.82, 2.24) is 20.9 Å². The Morgan fingerprint density at radius 1 is 1.09 bits per heavy atom. The van der Waals surface area contributed by atoms with Crippen LogP contribution in [0.15, 0.2) is 35.5 Å². The second-order valence-electron chi connectivity index (χ2n) is 6.71. The summed E-state index contributed by atoms with van der Waals surface area (Å²) < 4.78 is 0. The highest BCUT2D eigenvalue weighted by Crippen LogP contribution is 2.17. The summed E-state index contributed by atoms with van der Waals surface area (Å²) in [6, 6.07) is 8.40. The van der Waals surface area contributed by atoms with Crippen molar-refractivity contribution in [3.05, 3.63) is 36.0 Å². The minimum absolute atomic E-state index is 0.147. The molecule has 0 atom stereocenters. The largest absolute Gasteiger partial charge is 0.361 e. The molecule has 0 spiro atoms. The Balaban J connectivity index is 1.74. The van der Waals surface area contributed by atoms with Gasteiger partial charge in [0, 0.05) is 49.3 Å². The predicted octanol–water partition coefficient (Wildman–Crippen LogP) is 2.26. The summed E-state index contributed by atoms with van der Waals surface area (Å²) in [5, 5.41) is 11.4. The number of aromatic nitrogens is 1. The molecule has 0 saturated heterocycles. The third-order valence-corrected chi connectivity index (χ3v) is 3.66. The van der Waals surface area contributed by atoms with Crippen LogP contribution in [-0.2, 0) is 6.42 Å². The van der Waals surface area contributed by atoms with Gasteiger partial charge >= 0.3 is 0 Å². The molecule has 0 aliphatic heterocycles. The number of fused-ring (bicyclic) bond motifs is 1. The van der Waals surface area contributed by atoms with Crippen molar-refractivity contribution in [3.8, 4) is 0 Å². The molecule has 0 amide bonds. The summed E-state index contributed by atoms with van der Waals surface area (Å²) in [5.41, 5.74) is 2.67. The van der Waals surface area contributed by atoms with E-state index in [-0.39, 0.29) is 5.54 Å². The lowest BCUT2D eigenvalue weighted by molar-refractivity contribution is 0.428. The van der Waals surface area contributed by atoms with Gasteiger partial charge in [0.25, 0.3) is 0 Å². The quantitative estimate of drug-likeness (QED) is 0.376. The highest BCUT2D eigenvalue weighted by Gasteiger charge is 2.07. The van der Waals surface area contributed by atoms with E-state index in [4.69, 9.17) is 0 Å². The van der Waals surface area contributed by atoms with Crippen LogP contribution in [0.4, 0.5) is 0 Å². The Bertz CT molecular complexity index is 636. The third-order valence-electron chi connectivity index (χ3n) is 3.66. The van der Waals surface area contributed by atoms with E-state index in [1.54, 1.807) is 7.05 Å². The summed E-state index contributed by atoms with van der Waals surface area (Å²) in [6.07, 6.45) is 3.06. The van der Waals surface area contributed by atoms with Crippen LogP contribution >= 0.6 is 0 Å². The normalized spacial score (nSPS) is 12.6. The maximum Gasteiger partial charge on any atom is 0.191 e. The molecular formula is C18H29N5. The van der Waals surface area contributed by atoms with Gasteiger partial charge in [0.05, 0.1) is 0 Å². The fourth-order valence-electron chi connectivity index (χ4n) is 2.49. The summed E-state index contributed by atoms with van der Waals surface area (Å²) in [4.78, 5) is 7.58. The first kappa shape index (κ1) is 17.3. The van der Waals surface area contributed by atoms with E-state index in [0.29, 0.717) is 0 Å². The van der Waals surface area contributed by atoms with Gasteiger partial charge in [-0.05, 0) is 38.8 Å². The molecular weight excluding hydrogens is 286 g/mol. The van der Waals surface area contributed by atoms with E-state index in [2.05, 4.69) is 77.2 Å². The average Bonchev–Trinajstić information content (AvgIpc) is 2.92. The van der Waals surface area contributed by atoms with E-state index >= 15 is 0 Å². The SMILES string of the molecule is CN=C(NCCNC(C)(C)C)NCCc1c[nH]c2ccccc12. The maximum absolute atomic E-state index is 4.26. The first-order chi connectivity index (χ1) is 11.0. The van der Waals surface area contributed by atoms with Gasteiger partial charge in [-0.1, -0.05) is 18.2 Å². The number of guanidine groups is 1. The molecule has 0 unspecified atom stereocenters. The lowest BCUT2D eigenvalue weighted by Gasteiger charge is -2.21. The van der Waals surface area contributed by atoms with Crippen LogP contribution in [0.1, 0.15) is 26.3 Å². The van der Waals surface area contributed by atoms with Gasteiger partial charge < -0.3 is 20.9 Å². The number of rotatable bonds is 6. The Labute approximate surface area is 139 Å². The molecule has 126 valence electrons. The first-order valence-electron chi connectivity index (χ1n) is 8.24. The number of H-pyrrole nitrogens is 1. The van der Waals surface area contributed by atoms with Crippen LogP contribution in [-0.4, -0.2) is 43.2 Å². The molecule has 5 nitrogen and oxygen atoms in total. The molecule has 4 N–H and O–H groups in total. The monoisotopic (exact) mass is 315 g/mol. The number of hydrogen-bond donors (Lipinski definition) is 4. The van der Waals surface area contributed by atoms with Crippen LogP contribution in [0.25, 0.3) is 10.9 Å². The number of benzene rings is 1. The zero-order valence-corrected chi connectivity index (χ0v) is 14.7. The number of nitrogens with zero attached hydrogens (tertiary/aromatic N) is 1. The Kier molecular flexibility index (Phi) is 6.04. The van der Waals surface area contributed by atoms with E-state index in [0.717, 1.165) is 32.0 Å². The summed E-state index contributed by atoms with van der Waals surface area (Å²) in [7, 11) is 1.80. The summed E-state index contributed by atoms with van der Waals surface area (Å²) in [6.45, 7) is 9.12. The Hall–Kier alpha value is -2.01. The van der Waals surface area contributed by atoms with Crippen molar-refractivity contribution < 1.29 is 0 Å². The van der Waals surface area contributed by atoms with Crippen molar-refractivity contribution in [3.63, 3.8) is 0 Å². The van der Waals surface area contributed by atoms with Crippen molar-refractivity contribution >= 4 is 16.9 Å². The second-order valence-corrected chi connectivity index (χ2v) is 6.71. The maximum atomic E-state index is 4.26. The second kappa shape index (κ2) is 8.02. The molecule has 0 radical (unpaired) electrons. The smallest absolute Gasteiger partial charge is 0.191 e. The zero-order chi connectivity index (χ0) is 16.7. The fourth-order valence-corrected chi connectivity index (χ4v) is 2.49. The molecule has 0 aliphatic rings. The Morgan fingerprint density at radius 2 is 1.83 bits per heavy atom. The van der Waals surface area contributed by atoms with Crippen LogP contribution < -0.4 is 16.0 Å². The van der Waals surface area contributed by atoms with Gasteiger partial charge in [0.2, 0.25) is 0 Å². The van der Waals surface area contributed by atoms with Crippen molar-refractivity contribution in [2.24, 2.45) is 4.99 Å². The zero-order valence-electron chi connectivity index (χ0n) is 14.7. The molecule has 5 heteroatoms. The number of aromatic amines is 1. The molecule has 0 fully saturated rings. The Morgan fingerprint density at radius 3 is 2.57 bits per heavy atom. The summed E-state index contributed by atoms with van der Waals surface area (Å²) in [5.74, 6) is 0.848. The van der Waals surface area contributed by atoms with Gasteiger partial charge in [-0.2, -0.15) is 0 Å². The minimum atomic E-state index is 0.147. The number of para-hydroxylation sites is 1. The molecule has 2 aromatic rings. The first-order valence-corrected chi connectivity index (χ1v) is 8.24. The van der Waals surface area contributed by atoms with Crippen LogP contribution in [0.5, 0.6) is 0 Å². The van der Waals surface area contributed by atoms with Crippen LogP contribution in [0.3, 0.4) is 0 Å². The van der Waals surface area contributed by atoms with Gasteiger partial charge in [0.1, 0.15) is 0 Å². The number of aliphatic imine (C=N–C) groups is 1.